The van der Waals surface area contributed by atoms with Crippen molar-refractivity contribution in [1.29, 1.82) is 5.53 Å². The Bertz CT molecular complexity index is 188. The number of likely N-dealkylation sites (tertiary alicyclic amines) is 1. The van der Waals surface area contributed by atoms with E-state index in [0.29, 0.717) is 11.9 Å². The van der Waals surface area contributed by atoms with Gasteiger partial charge >= 0.3 is 0 Å². The minimum Gasteiger partial charge on any atom is -0.368 e. The van der Waals surface area contributed by atoms with Gasteiger partial charge in [-0.05, 0) is 24.0 Å². The Morgan fingerprint density at radius 2 is 2.42 bits per heavy atom. The van der Waals surface area contributed by atoms with Crippen molar-refractivity contribution in [2.24, 2.45) is 22.0 Å². The van der Waals surface area contributed by atoms with Crippen LogP contribution < -0.4 is 5.73 Å². The summed E-state index contributed by atoms with van der Waals surface area (Å²) >= 11 is 0. The zero-order valence-electron chi connectivity index (χ0n) is 7.32. The first kappa shape index (κ1) is 8.96. The van der Waals surface area contributed by atoms with Gasteiger partial charge in [0.25, 0.3) is 0 Å². The lowest BCUT2D eigenvalue weighted by Gasteiger charge is -2.30. The molecule has 1 aliphatic rings. The Kier molecular flexibility index (Phi) is 3.01. The number of hydrogen-bond acceptors (Lipinski definition) is 2. The number of rotatable bonds is 1. The molecule has 0 aromatic rings. The maximum atomic E-state index is 6.53. The molecule has 3 N–H and O–H groups in total. The smallest absolute Gasteiger partial charge is 0.218 e. The van der Waals surface area contributed by atoms with Gasteiger partial charge < -0.3 is 10.6 Å². The molecule has 0 spiro atoms. The molecule has 0 radical (unpaired) electrons. The van der Waals surface area contributed by atoms with E-state index in [2.05, 4.69) is 17.2 Å². The second-order valence-electron chi connectivity index (χ2n) is 3.25. The summed E-state index contributed by atoms with van der Waals surface area (Å²) in [7, 11) is 0. The normalized spacial score (nSPS) is 25.6. The monoisotopic (exact) mass is 169 g/mol. The fourth-order valence-electron chi connectivity index (χ4n) is 1.51. The molecule has 1 heterocycles. The third-order valence-electron chi connectivity index (χ3n) is 2.13. The van der Waals surface area contributed by atoms with Crippen molar-refractivity contribution in [3.63, 3.8) is 0 Å². The number of nitrogens with two attached hydrogens (primary N) is 1. The quantitative estimate of drug-likeness (QED) is 0.265. The molecule has 1 saturated heterocycles. The van der Waals surface area contributed by atoms with E-state index >= 15 is 0 Å². The van der Waals surface area contributed by atoms with Crippen molar-refractivity contribution in [1.82, 2.24) is 4.90 Å². The Morgan fingerprint density at radius 1 is 1.67 bits per heavy atom. The zero-order valence-corrected chi connectivity index (χ0v) is 7.32. The molecule has 1 atom stereocenters. The maximum Gasteiger partial charge on any atom is 0.218 e. The van der Waals surface area contributed by atoms with Crippen molar-refractivity contribution in [2.75, 3.05) is 13.1 Å². The predicted octanol–water partition coefficient (Wildman–Crippen LogP) is 0.979. The Hall–Kier alpha value is -1.13. The number of hydrogen-bond donors (Lipinski definition) is 2. The van der Waals surface area contributed by atoms with Crippen molar-refractivity contribution in [3.8, 4) is 0 Å². The van der Waals surface area contributed by atoms with Gasteiger partial charge in [0.15, 0.2) is 0 Å². The molecule has 0 bridgehead atoms. The van der Waals surface area contributed by atoms with Gasteiger partial charge in [-0.3, -0.25) is 0 Å². The van der Waals surface area contributed by atoms with E-state index in [1.54, 1.807) is 0 Å². The molecule has 68 valence electrons. The van der Waals surface area contributed by atoms with E-state index in [1.165, 1.54) is 6.42 Å². The fraction of sp³-hybridized carbons (Fsp3) is 0.857. The summed E-state index contributed by atoms with van der Waals surface area (Å²) in [6.07, 6.45) is 2.40. The minimum absolute atomic E-state index is 0.372. The highest BCUT2D eigenvalue weighted by atomic mass is 15.4. The largest absolute Gasteiger partial charge is 0.368 e. The van der Waals surface area contributed by atoms with E-state index in [-0.39, 0.29) is 0 Å². The molecular formula is C7H15N5. The molecule has 0 aliphatic carbocycles. The van der Waals surface area contributed by atoms with Crippen LogP contribution in [-0.4, -0.2) is 23.9 Å². The van der Waals surface area contributed by atoms with Gasteiger partial charge in [0.2, 0.25) is 5.96 Å². The summed E-state index contributed by atoms with van der Waals surface area (Å²) in [5, 5.41) is 6.40. The highest BCUT2D eigenvalue weighted by molar-refractivity contribution is 5.77. The predicted molar refractivity (Wildman–Crippen MR) is 46.7 cm³/mol. The average Bonchev–Trinajstić information content (AvgIpc) is 2.05. The minimum atomic E-state index is 0.372. The van der Waals surface area contributed by atoms with Crippen molar-refractivity contribution < 1.29 is 0 Å². The molecule has 12 heavy (non-hydrogen) atoms. The van der Waals surface area contributed by atoms with Crippen LogP contribution in [0, 0.1) is 11.4 Å². The van der Waals surface area contributed by atoms with Crippen molar-refractivity contribution in [3.05, 3.63) is 0 Å². The topological polar surface area (TPSA) is 77.8 Å². The van der Waals surface area contributed by atoms with Crippen LogP contribution in [0.2, 0.25) is 0 Å². The summed E-state index contributed by atoms with van der Waals surface area (Å²) in [5.74, 6) is 1.04. The number of nitrogens with one attached hydrogen (secondary N) is 1. The Labute approximate surface area is 72.1 Å². The SMILES string of the molecule is CC1CCCN(C(N)=NN=N)C1. The molecule has 0 amide bonds. The number of guanidine groups is 1. The van der Waals surface area contributed by atoms with Gasteiger partial charge in [0.05, 0.1) is 0 Å². The summed E-state index contributed by atoms with van der Waals surface area (Å²) < 4.78 is 0. The molecule has 5 nitrogen and oxygen atoms in total. The van der Waals surface area contributed by atoms with E-state index in [9.17, 15) is 0 Å². The van der Waals surface area contributed by atoms with Crippen molar-refractivity contribution in [2.45, 2.75) is 19.8 Å². The lowest BCUT2D eigenvalue weighted by atomic mass is 10.0. The van der Waals surface area contributed by atoms with Gasteiger partial charge in [0, 0.05) is 13.1 Å². The van der Waals surface area contributed by atoms with Gasteiger partial charge in [-0.25, -0.2) is 0 Å². The summed E-state index contributed by atoms with van der Waals surface area (Å²) in [5.41, 5.74) is 12.1. The van der Waals surface area contributed by atoms with Crippen LogP contribution in [0.1, 0.15) is 19.8 Å². The van der Waals surface area contributed by atoms with Crippen molar-refractivity contribution >= 4 is 5.96 Å². The first-order chi connectivity index (χ1) is 5.74. The maximum absolute atomic E-state index is 6.53. The van der Waals surface area contributed by atoms with Crippen LogP contribution in [0.25, 0.3) is 0 Å². The zero-order chi connectivity index (χ0) is 8.97. The van der Waals surface area contributed by atoms with Crippen LogP contribution in [0.3, 0.4) is 0 Å². The second-order valence-corrected chi connectivity index (χ2v) is 3.25. The molecular weight excluding hydrogens is 154 g/mol. The molecule has 0 aromatic heterocycles. The molecule has 1 unspecified atom stereocenters. The standard InChI is InChI=1S/C7H15N5/c1-6-3-2-4-12(5-6)7(8)10-11-9/h6H,2-5H2,1H3,(H3,8,9,10). The molecule has 5 heteroatoms. The highest BCUT2D eigenvalue weighted by Gasteiger charge is 2.17. The summed E-state index contributed by atoms with van der Waals surface area (Å²) in [6.45, 7) is 4.07. The van der Waals surface area contributed by atoms with Crippen LogP contribution in [-0.2, 0) is 0 Å². The summed E-state index contributed by atoms with van der Waals surface area (Å²) in [6, 6.07) is 0. The molecule has 0 saturated carbocycles. The van der Waals surface area contributed by atoms with E-state index in [4.69, 9.17) is 11.3 Å². The van der Waals surface area contributed by atoms with Gasteiger partial charge in [0.1, 0.15) is 0 Å². The van der Waals surface area contributed by atoms with E-state index in [0.717, 1.165) is 19.5 Å². The molecule has 1 aliphatic heterocycles. The first-order valence-corrected chi connectivity index (χ1v) is 4.19. The first-order valence-electron chi connectivity index (χ1n) is 4.19. The summed E-state index contributed by atoms with van der Waals surface area (Å²) in [4.78, 5) is 1.98. The number of piperidine rings is 1. The fourth-order valence-corrected chi connectivity index (χ4v) is 1.51. The lowest BCUT2D eigenvalue weighted by molar-refractivity contribution is 0.270. The van der Waals surface area contributed by atoms with Crippen LogP contribution in [0.5, 0.6) is 0 Å². The van der Waals surface area contributed by atoms with Crippen LogP contribution in [0.15, 0.2) is 10.3 Å². The Balaban J connectivity index is 2.50. The molecule has 1 rings (SSSR count). The third-order valence-corrected chi connectivity index (χ3v) is 2.13. The lowest BCUT2D eigenvalue weighted by Crippen LogP contribution is -2.43. The Morgan fingerprint density at radius 3 is 3.00 bits per heavy atom. The van der Waals surface area contributed by atoms with E-state index < -0.39 is 0 Å². The average molecular weight is 169 g/mol. The second kappa shape index (κ2) is 4.04. The number of nitrogens with zero attached hydrogens (tertiary/aromatic N) is 3. The van der Waals surface area contributed by atoms with Gasteiger partial charge in [-0.2, -0.15) is 5.53 Å². The van der Waals surface area contributed by atoms with E-state index in [1.807, 2.05) is 4.90 Å². The molecule has 0 aromatic carbocycles. The van der Waals surface area contributed by atoms with Crippen LogP contribution >= 0.6 is 0 Å². The highest BCUT2D eigenvalue weighted by Crippen LogP contribution is 2.14. The van der Waals surface area contributed by atoms with Crippen LogP contribution in [0.4, 0.5) is 0 Å². The molecule has 1 fully saturated rings. The van der Waals surface area contributed by atoms with Gasteiger partial charge in [-0.1, -0.05) is 12.0 Å². The third kappa shape index (κ3) is 2.18. The van der Waals surface area contributed by atoms with Gasteiger partial charge in [-0.15, -0.1) is 0 Å².